The summed E-state index contributed by atoms with van der Waals surface area (Å²) in [5.74, 6) is -0.275. The lowest BCUT2D eigenvalue weighted by Crippen LogP contribution is -2.36. The molecule has 1 atom stereocenters. The number of nitrogens with two attached hydrogens (primary N) is 1. The van der Waals surface area contributed by atoms with Crippen molar-refractivity contribution >= 4 is 22.4 Å². The van der Waals surface area contributed by atoms with Gasteiger partial charge in [0.1, 0.15) is 5.75 Å². The normalized spacial score (nSPS) is 12.4. The molecular formula is C12H19N3O2S. The monoisotopic (exact) mass is 269 g/mol. The van der Waals surface area contributed by atoms with E-state index in [-0.39, 0.29) is 17.7 Å². The molecule has 1 heterocycles. The van der Waals surface area contributed by atoms with Crippen molar-refractivity contribution in [3.05, 3.63) is 18.5 Å². The zero-order chi connectivity index (χ0) is 13.5. The van der Waals surface area contributed by atoms with Gasteiger partial charge in [-0.2, -0.15) is 0 Å². The Balaban J connectivity index is 2.60. The fourth-order valence-corrected chi connectivity index (χ4v) is 2.57. The molecule has 0 aliphatic carbocycles. The van der Waals surface area contributed by atoms with Gasteiger partial charge < -0.3 is 11.1 Å². The highest BCUT2D eigenvalue weighted by Gasteiger charge is 2.14. The fourth-order valence-electron chi connectivity index (χ4n) is 1.56. The Labute approximate surface area is 110 Å². The number of anilines is 1. The zero-order valence-corrected chi connectivity index (χ0v) is 11.5. The molecular weight excluding hydrogens is 250 g/mol. The quantitative estimate of drug-likeness (QED) is 0.809. The Hall–Kier alpha value is -1.43. The number of pyridine rings is 1. The molecule has 6 heteroatoms. The van der Waals surface area contributed by atoms with Gasteiger partial charge in [0.15, 0.2) is 0 Å². The average molecular weight is 269 g/mol. The molecule has 0 aliphatic heterocycles. The molecule has 3 N–H and O–H groups in total. The summed E-state index contributed by atoms with van der Waals surface area (Å²) in [6, 6.07) is 1.72. The van der Waals surface area contributed by atoms with Crippen molar-refractivity contribution in [2.75, 3.05) is 11.5 Å². The van der Waals surface area contributed by atoms with Crippen LogP contribution in [0.2, 0.25) is 0 Å². The Kier molecular flexibility index (Phi) is 5.77. The van der Waals surface area contributed by atoms with Gasteiger partial charge in [0.2, 0.25) is 5.91 Å². The second kappa shape index (κ2) is 7.10. The molecule has 0 aliphatic rings. The number of hydrogen-bond donors (Lipinski definition) is 2. The van der Waals surface area contributed by atoms with Gasteiger partial charge in [0, 0.05) is 12.2 Å². The molecule has 0 spiro atoms. The number of rotatable bonds is 6. The van der Waals surface area contributed by atoms with Crippen LogP contribution in [-0.4, -0.2) is 26.9 Å². The van der Waals surface area contributed by atoms with E-state index in [9.17, 15) is 9.00 Å². The zero-order valence-electron chi connectivity index (χ0n) is 10.7. The van der Waals surface area contributed by atoms with Crippen LogP contribution in [0.15, 0.2) is 23.4 Å². The lowest BCUT2D eigenvalue weighted by Gasteiger charge is -2.14. The number of nitrogens with zero attached hydrogens (tertiary/aromatic N) is 1. The second-order valence-corrected chi connectivity index (χ2v) is 5.40. The maximum absolute atomic E-state index is 12.0. The first-order valence-electron chi connectivity index (χ1n) is 5.95. The first kappa shape index (κ1) is 14.6. The van der Waals surface area contributed by atoms with Gasteiger partial charge in [0.25, 0.3) is 0 Å². The Morgan fingerprint density at radius 2 is 2.17 bits per heavy atom. The predicted molar refractivity (Wildman–Crippen MR) is 72.4 cm³/mol. The third-order valence-corrected chi connectivity index (χ3v) is 4.06. The number of carbonyl (C=O) groups is 1. The van der Waals surface area contributed by atoms with Crippen LogP contribution in [-0.2, 0) is 15.6 Å². The number of hydrogen-bond acceptors (Lipinski definition) is 4. The number of nitrogens with one attached hydrogen (secondary N) is 1. The molecule has 18 heavy (non-hydrogen) atoms. The van der Waals surface area contributed by atoms with Crippen LogP contribution in [0, 0.1) is 0 Å². The first-order chi connectivity index (χ1) is 8.58. The fraction of sp³-hybridized carbons (Fsp3) is 0.500. The Morgan fingerprint density at radius 3 is 2.72 bits per heavy atom. The minimum atomic E-state index is -1.42. The van der Waals surface area contributed by atoms with Crippen molar-refractivity contribution in [3.63, 3.8) is 0 Å². The first-order valence-corrected chi connectivity index (χ1v) is 7.27. The van der Waals surface area contributed by atoms with Crippen molar-refractivity contribution in [1.29, 1.82) is 0 Å². The predicted octanol–water partition coefficient (Wildman–Crippen LogP) is 1.08. The maximum atomic E-state index is 12.0. The second-order valence-electron chi connectivity index (χ2n) is 3.98. The van der Waals surface area contributed by atoms with E-state index in [1.165, 1.54) is 12.4 Å². The molecule has 5 nitrogen and oxygen atoms in total. The summed E-state index contributed by atoms with van der Waals surface area (Å²) in [5.41, 5.74) is 6.02. The molecule has 1 aromatic rings. The van der Waals surface area contributed by atoms with Gasteiger partial charge in [-0.25, -0.2) is 0 Å². The summed E-state index contributed by atoms with van der Waals surface area (Å²) in [4.78, 5) is 16.0. The highest BCUT2D eigenvalue weighted by atomic mass is 32.2. The van der Waals surface area contributed by atoms with E-state index in [0.29, 0.717) is 10.6 Å². The summed E-state index contributed by atoms with van der Waals surface area (Å²) < 4.78 is 12.0. The Bertz CT molecular complexity index is 433. The van der Waals surface area contributed by atoms with Crippen molar-refractivity contribution in [2.45, 2.75) is 37.6 Å². The number of carbonyl (C=O) groups excluding carboxylic acids is 1. The van der Waals surface area contributed by atoms with Crippen LogP contribution in [0.1, 0.15) is 26.7 Å². The highest BCUT2D eigenvalue weighted by molar-refractivity contribution is 7.86. The minimum Gasteiger partial charge on any atom is -0.396 e. The molecule has 0 bridgehead atoms. The van der Waals surface area contributed by atoms with Gasteiger partial charge in [-0.05, 0) is 18.9 Å². The minimum absolute atomic E-state index is 0.0648. The lowest BCUT2D eigenvalue weighted by molar-refractivity contribution is -0.119. The van der Waals surface area contributed by atoms with Gasteiger partial charge in [-0.3, -0.25) is 14.0 Å². The SMILES string of the molecule is CCC(CC)NC(=O)CS(=O)c1ccncc1N. The molecule has 0 fully saturated rings. The van der Waals surface area contributed by atoms with E-state index in [1.807, 2.05) is 13.8 Å². The summed E-state index contributed by atoms with van der Waals surface area (Å²) in [7, 11) is -1.42. The largest absolute Gasteiger partial charge is 0.396 e. The van der Waals surface area contributed by atoms with E-state index >= 15 is 0 Å². The van der Waals surface area contributed by atoms with Crippen molar-refractivity contribution in [3.8, 4) is 0 Å². The summed E-state index contributed by atoms with van der Waals surface area (Å²) in [6.45, 7) is 4.01. The topological polar surface area (TPSA) is 85.1 Å². The average Bonchev–Trinajstić information content (AvgIpc) is 2.36. The number of amides is 1. The standard InChI is InChI=1S/C12H19N3O2S/c1-3-9(4-2)15-12(16)8-18(17)11-5-6-14-7-10(11)13/h5-7,9H,3-4,8,13H2,1-2H3,(H,15,16). The summed E-state index contributed by atoms with van der Waals surface area (Å²) >= 11 is 0. The highest BCUT2D eigenvalue weighted by Crippen LogP contribution is 2.13. The molecule has 0 saturated carbocycles. The third-order valence-electron chi connectivity index (χ3n) is 2.67. The van der Waals surface area contributed by atoms with Gasteiger partial charge >= 0.3 is 0 Å². The van der Waals surface area contributed by atoms with E-state index in [1.54, 1.807) is 6.07 Å². The maximum Gasteiger partial charge on any atom is 0.233 e. The van der Waals surface area contributed by atoms with Crippen molar-refractivity contribution in [1.82, 2.24) is 10.3 Å². The van der Waals surface area contributed by atoms with E-state index in [2.05, 4.69) is 10.3 Å². The van der Waals surface area contributed by atoms with Crippen LogP contribution >= 0.6 is 0 Å². The molecule has 1 unspecified atom stereocenters. The molecule has 1 aromatic heterocycles. The lowest BCUT2D eigenvalue weighted by atomic mass is 10.2. The van der Waals surface area contributed by atoms with Crippen molar-refractivity contribution < 1.29 is 9.00 Å². The summed E-state index contributed by atoms with van der Waals surface area (Å²) in [6.07, 6.45) is 4.69. The van der Waals surface area contributed by atoms with E-state index in [0.717, 1.165) is 12.8 Å². The van der Waals surface area contributed by atoms with Gasteiger partial charge in [0.05, 0.1) is 27.6 Å². The molecule has 1 amide bonds. The van der Waals surface area contributed by atoms with Crippen LogP contribution in [0.5, 0.6) is 0 Å². The van der Waals surface area contributed by atoms with Crippen molar-refractivity contribution in [2.24, 2.45) is 0 Å². The molecule has 1 rings (SSSR count). The number of nitrogen functional groups attached to an aromatic ring is 1. The van der Waals surface area contributed by atoms with E-state index in [4.69, 9.17) is 5.73 Å². The van der Waals surface area contributed by atoms with E-state index < -0.39 is 10.8 Å². The van der Waals surface area contributed by atoms with Gasteiger partial charge in [-0.1, -0.05) is 13.8 Å². The number of aromatic nitrogens is 1. The molecule has 0 radical (unpaired) electrons. The smallest absolute Gasteiger partial charge is 0.233 e. The van der Waals surface area contributed by atoms with Crippen LogP contribution in [0.25, 0.3) is 0 Å². The molecule has 0 aromatic carbocycles. The third kappa shape index (κ3) is 4.10. The van der Waals surface area contributed by atoms with Gasteiger partial charge in [-0.15, -0.1) is 0 Å². The summed E-state index contributed by atoms with van der Waals surface area (Å²) in [5, 5.41) is 2.85. The van der Waals surface area contributed by atoms with Crippen LogP contribution in [0.4, 0.5) is 5.69 Å². The molecule has 100 valence electrons. The Morgan fingerprint density at radius 1 is 1.50 bits per heavy atom. The molecule has 0 saturated heterocycles. The van der Waals surface area contributed by atoms with Crippen LogP contribution in [0.3, 0.4) is 0 Å². The van der Waals surface area contributed by atoms with Crippen LogP contribution < -0.4 is 11.1 Å².